The molecule has 3 aromatic rings. The topological polar surface area (TPSA) is 81.3 Å². The van der Waals surface area contributed by atoms with Crippen molar-refractivity contribution in [3.63, 3.8) is 0 Å². The molecule has 1 N–H and O–H groups in total. The molecule has 6 nitrogen and oxygen atoms in total. The summed E-state index contributed by atoms with van der Waals surface area (Å²) in [7, 11) is 3.24. The Balaban J connectivity index is 1.89. The largest absolute Gasteiger partial charge is 0.507 e. The first-order valence-corrected chi connectivity index (χ1v) is 10.3. The van der Waals surface area contributed by atoms with Crippen LogP contribution in [0.4, 0.5) is 5.69 Å². The van der Waals surface area contributed by atoms with Crippen LogP contribution in [0.5, 0.6) is 17.2 Å². The molecule has 7 heteroatoms. The average Bonchev–Trinajstić information content (AvgIpc) is 2.92. The highest BCUT2D eigenvalue weighted by molar-refractivity contribution is 7.99. The lowest BCUT2D eigenvalue weighted by Crippen LogP contribution is -2.17. The van der Waals surface area contributed by atoms with Crippen LogP contribution in [0.15, 0.2) is 67.6 Å². The molecule has 30 heavy (non-hydrogen) atoms. The molecule has 0 saturated carbocycles. The van der Waals surface area contributed by atoms with Crippen molar-refractivity contribution < 1.29 is 19.0 Å². The standard InChI is InChI=1S/C23H21NO5S/c1-13-10-18(25)22(23(26)29-13)17-12-21(30-20-7-5-4-6-16(20)24-17)15-11-14(27-2)8-9-19(15)28-3/h4-11,21,25H,12H2,1-3H3/t21-/m1/s1. The maximum atomic E-state index is 12.6. The van der Waals surface area contributed by atoms with E-state index in [1.807, 2.05) is 42.5 Å². The van der Waals surface area contributed by atoms with Gasteiger partial charge in [0.15, 0.2) is 0 Å². The fraction of sp³-hybridized carbons (Fsp3) is 0.217. The average molecular weight is 423 g/mol. The summed E-state index contributed by atoms with van der Waals surface area (Å²) in [6.45, 7) is 1.62. The Kier molecular flexibility index (Phi) is 5.55. The first-order chi connectivity index (χ1) is 14.5. The van der Waals surface area contributed by atoms with Gasteiger partial charge in [-0.25, -0.2) is 4.79 Å². The molecule has 0 bridgehead atoms. The molecule has 1 aliphatic heterocycles. The number of rotatable bonds is 4. The molecule has 1 atom stereocenters. The number of fused-ring (bicyclic) bond motifs is 1. The molecular weight excluding hydrogens is 402 g/mol. The lowest BCUT2D eigenvalue weighted by molar-refractivity contribution is 0.398. The summed E-state index contributed by atoms with van der Waals surface area (Å²) in [5, 5.41) is 10.4. The first-order valence-electron chi connectivity index (χ1n) is 9.39. The Labute approximate surface area is 178 Å². The minimum absolute atomic E-state index is 0.0877. The van der Waals surface area contributed by atoms with Crippen LogP contribution >= 0.6 is 11.8 Å². The van der Waals surface area contributed by atoms with Gasteiger partial charge in [0.2, 0.25) is 0 Å². The second kappa shape index (κ2) is 8.28. The van der Waals surface area contributed by atoms with Gasteiger partial charge >= 0.3 is 5.63 Å². The number of thioether (sulfide) groups is 1. The van der Waals surface area contributed by atoms with E-state index in [9.17, 15) is 9.90 Å². The highest BCUT2D eigenvalue weighted by Gasteiger charge is 2.28. The Morgan fingerprint density at radius 3 is 2.67 bits per heavy atom. The lowest BCUT2D eigenvalue weighted by atomic mass is 10.0. The highest BCUT2D eigenvalue weighted by Crippen LogP contribution is 2.48. The van der Waals surface area contributed by atoms with E-state index in [1.165, 1.54) is 6.07 Å². The monoisotopic (exact) mass is 423 g/mol. The molecule has 154 valence electrons. The molecule has 0 unspecified atom stereocenters. The number of para-hydroxylation sites is 1. The van der Waals surface area contributed by atoms with Crippen molar-refractivity contribution in [2.45, 2.75) is 23.5 Å². The molecule has 1 aromatic heterocycles. The van der Waals surface area contributed by atoms with Gasteiger partial charge in [-0.05, 0) is 37.3 Å². The normalized spacial score (nSPS) is 15.7. The van der Waals surface area contributed by atoms with Crippen molar-refractivity contribution in [1.29, 1.82) is 0 Å². The molecule has 4 rings (SSSR count). The number of aliphatic imine (C=N–C) groups is 1. The van der Waals surface area contributed by atoms with Gasteiger partial charge in [-0.1, -0.05) is 12.1 Å². The predicted molar refractivity (Wildman–Crippen MR) is 117 cm³/mol. The Morgan fingerprint density at radius 1 is 1.13 bits per heavy atom. The lowest BCUT2D eigenvalue weighted by Gasteiger charge is -2.19. The molecule has 0 aliphatic carbocycles. The SMILES string of the molecule is COc1ccc(OC)c([C@H]2CC(c3c(O)cc(C)oc3=O)=Nc3ccccc3S2)c1. The highest BCUT2D eigenvalue weighted by atomic mass is 32.2. The zero-order valence-electron chi connectivity index (χ0n) is 16.8. The summed E-state index contributed by atoms with van der Waals surface area (Å²) < 4.78 is 16.2. The number of ether oxygens (including phenoxy) is 2. The third-order valence-corrected chi connectivity index (χ3v) is 6.20. The maximum Gasteiger partial charge on any atom is 0.348 e. The molecule has 0 saturated heterocycles. The first kappa shape index (κ1) is 20.1. The summed E-state index contributed by atoms with van der Waals surface area (Å²) >= 11 is 1.63. The van der Waals surface area contributed by atoms with E-state index in [4.69, 9.17) is 18.9 Å². The number of methoxy groups -OCH3 is 2. The molecular formula is C23H21NO5S. The number of aromatic hydroxyl groups is 1. The summed E-state index contributed by atoms with van der Waals surface area (Å²) in [4.78, 5) is 18.3. The van der Waals surface area contributed by atoms with Gasteiger partial charge in [0, 0.05) is 28.2 Å². The number of aryl methyl sites for hydroxylation is 1. The van der Waals surface area contributed by atoms with Crippen LogP contribution in [0.25, 0.3) is 0 Å². The van der Waals surface area contributed by atoms with E-state index in [-0.39, 0.29) is 16.6 Å². The third-order valence-electron chi connectivity index (χ3n) is 4.89. The molecule has 2 aromatic carbocycles. The van der Waals surface area contributed by atoms with Gasteiger partial charge in [-0.15, -0.1) is 11.8 Å². The van der Waals surface area contributed by atoms with Crippen LogP contribution in [0, 0.1) is 6.92 Å². The molecule has 0 amide bonds. The van der Waals surface area contributed by atoms with Crippen LogP contribution in [0.2, 0.25) is 0 Å². The van der Waals surface area contributed by atoms with Gasteiger partial charge in [-0.2, -0.15) is 0 Å². The minimum Gasteiger partial charge on any atom is -0.507 e. The van der Waals surface area contributed by atoms with Crippen molar-refractivity contribution in [2.75, 3.05) is 14.2 Å². The molecule has 0 fully saturated rings. The van der Waals surface area contributed by atoms with Crippen LogP contribution in [-0.4, -0.2) is 25.0 Å². The smallest absolute Gasteiger partial charge is 0.348 e. The fourth-order valence-corrected chi connectivity index (χ4v) is 4.75. The predicted octanol–water partition coefficient (Wildman–Crippen LogP) is 5.03. The summed E-state index contributed by atoms with van der Waals surface area (Å²) in [6.07, 6.45) is 0.393. The van der Waals surface area contributed by atoms with E-state index < -0.39 is 5.63 Å². The van der Waals surface area contributed by atoms with Gasteiger partial charge in [0.1, 0.15) is 28.6 Å². The fourth-order valence-electron chi connectivity index (χ4n) is 3.49. The van der Waals surface area contributed by atoms with Crippen LogP contribution in [0.1, 0.15) is 28.6 Å². The van der Waals surface area contributed by atoms with E-state index in [2.05, 4.69) is 0 Å². The summed E-state index contributed by atoms with van der Waals surface area (Å²) in [5.74, 6) is 1.63. The maximum absolute atomic E-state index is 12.6. The van der Waals surface area contributed by atoms with Crippen molar-refractivity contribution in [3.8, 4) is 17.2 Å². The van der Waals surface area contributed by atoms with Crippen molar-refractivity contribution in [2.24, 2.45) is 4.99 Å². The Hall–Kier alpha value is -3.19. The van der Waals surface area contributed by atoms with Gasteiger partial charge in [0.25, 0.3) is 0 Å². The second-order valence-electron chi connectivity index (χ2n) is 6.85. The molecule has 0 radical (unpaired) electrons. The zero-order valence-corrected chi connectivity index (χ0v) is 17.7. The van der Waals surface area contributed by atoms with E-state index >= 15 is 0 Å². The van der Waals surface area contributed by atoms with Gasteiger partial charge < -0.3 is 19.0 Å². The quantitative estimate of drug-likeness (QED) is 0.634. The molecule has 0 spiro atoms. The van der Waals surface area contributed by atoms with E-state index in [0.29, 0.717) is 29.4 Å². The number of nitrogens with zero attached hydrogens (tertiary/aromatic N) is 1. The number of hydrogen-bond acceptors (Lipinski definition) is 7. The van der Waals surface area contributed by atoms with Crippen molar-refractivity contribution >= 4 is 23.2 Å². The Bertz CT molecular complexity index is 1180. The minimum atomic E-state index is -0.605. The summed E-state index contributed by atoms with van der Waals surface area (Å²) in [6, 6.07) is 14.8. The van der Waals surface area contributed by atoms with Crippen LogP contribution in [0.3, 0.4) is 0 Å². The number of hydrogen-bond donors (Lipinski definition) is 1. The number of benzene rings is 2. The zero-order chi connectivity index (χ0) is 21.3. The second-order valence-corrected chi connectivity index (χ2v) is 8.09. The van der Waals surface area contributed by atoms with Crippen LogP contribution < -0.4 is 15.1 Å². The Morgan fingerprint density at radius 2 is 1.93 bits per heavy atom. The van der Waals surface area contributed by atoms with E-state index in [1.54, 1.807) is 32.9 Å². The van der Waals surface area contributed by atoms with Gasteiger partial charge in [-0.3, -0.25) is 4.99 Å². The van der Waals surface area contributed by atoms with Gasteiger partial charge in [0.05, 0.1) is 25.6 Å². The molecule has 1 aliphatic rings. The van der Waals surface area contributed by atoms with Crippen LogP contribution in [-0.2, 0) is 0 Å². The van der Waals surface area contributed by atoms with Crippen molar-refractivity contribution in [1.82, 2.24) is 0 Å². The van der Waals surface area contributed by atoms with Crippen molar-refractivity contribution in [3.05, 3.63) is 75.8 Å². The van der Waals surface area contributed by atoms with E-state index in [0.717, 1.165) is 16.1 Å². The summed E-state index contributed by atoms with van der Waals surface area (Å²) in [5.41, 5.74) is 1.61. The third kappa shape index (κ3) is 3.80. The molecule has 2 heterocycles.